The third kappa shape index (κ3) is 6.95. The molecule has 1 rings (SSSR count). The highest BCUT2D eigenvalue weighted by molar-refractivity contribution is 7.89. The van der Waals surface area contributed by atoms with E-state index in [0.717, 1.165) is 0 Å². The predicted octanol–water partition coefficient (Wildman–Crippen LogP) is -0.297. The molecular formula is C12H19N3O4S. The molecule has 8 heteroatoms. The topological polar surface area (TPSA) is 111 Å². The van der Waals surface area contributed by atoms with Crippen molar-refractivity contribution in [3.63, 3.8) is 0 Å². The van der Waals surface area contributed by atoms with Gasteiger partial charge in [-0.3, -0.25) is 4.79 Å². The normalized spacial score (nSPS) is 11.1. The lowest BCUT2D eigenvalue weighted by atomic mass is 10.3. The maximum absolute atomic E-state index is 11.6. The molecular weight excluding hydrogens is 282 g/mol. The zero-order valence-corrected chi connectivity index (χ0v) is 12.1. The van der Waals surface area contributed by atoms with E-state index in [-0.39, 0.29) is 31.4 Å². The van der Waals surface area contributed by atoms with Gasteiger partial charge in [0.05, 0.1) is 5.75 Å². The summed E-state index contributed by atoms with van der Waals surface area (Å²) in [4.78, 5) is 10.6. The zero-order valence-electron chi connectivity index (χ0n) is 11.3. The Morgan fingerprint density at radius 1 is 1.25 bits per heavy atom. The number of sulfonamides is 1. The summed E-state index contributed by atoms with van der Waals surface area (Å²) in [6.45, 7) is 1.82. The molecule has 20 heavy (non-hydrogen) atoms. The highest BCUT2D eigenvalue weighted by atomic mass is 32.2. The van der Waals surface area contributed by atoms with Crippen molar-refractivity contribution in [3.05, 3.63) is 24.3 Å². The molecule has 0 aliphatic rings. The van der Waals surface area contributed by atoms with E-state index in [4.69, 9.17) is 10.5 Å². The van der Waals surface area contributed by atoms with E-state index in [0.29, 0.717) is 11.4 Å². The van der Waals surface area contributed by atoms with Gasteiger partial charge in [0.1, 0.15) is 12.4 Å². The summed E-state index contributed by atoms with van der Waals surface area (Å²) in [6, 6.07) is 6.70. The van der Waals surface area contributed by atoms with Crippen LogP contribution in [0.1, 0.15) is 6.92 Å². The Morgan fingerprint density at radius 2 is 1.90 bits per heavy atom. The van der Waals surface area contributed by atoms with Crippen molar-refractivity contribution in [2.24, 2.45) is 0 Å². The van der Waals surface area contributed by atoms with E-state index in [1.807, 2.05) is 0 Å². The Morgan fingerprint density at radius 3 is 2.50 bits per heavy atom. The maximum atomic E-state index is 11.6. The molecule has 1 aromatic carbocycles. The van der Waals surface area contributed by atoms with E-state index in [2.05, 4.69) is 10.0 Å². The third-order valence-electron chi connectivity index (χ3n) is 2.32. The summed E-state index contributed by atoms with van der Waals surface area (Å²) < 4.78 is 30.9. The lowest BCUT2D eigenvalue weighted by molar-refractivity contribution is -0.118. The number of benzene rings is 1. The zero-order chi connectivity index (χ0) is 15.0. The first-order valence-corrected chi connectivity index (χ1v) is 7.74. The molecule has 0 bridgehead atoms. The molecule has 7 nitrogen and oxygen atoms in total. The van der Waals surface area contributed by atoms with Gasteiger partial charge in [0.15, 0.2) is 0 Å². The van der Waals surface area contributed by atoms with Crippen LogP contribution < -0.4 is 20.5 Å². The van der Waals surface area contributed by atoms with Crippen LogP contribution >= 0.6 is 0 Å². The monoisotopic (exact) mass is 301 g/mol. The highest BCUT2D eigenvalue weighted by Gasteiger charge is 2.09. The van der Waals surface area contributed by atoms with E-state index in [1.165, 1.54) is 6.92 Å². The number of amides is 1. The number of carbonyl (C=O) groups is 1. The number of rotatable bonds is 8. The molecule has 0 fully saturated rings. The van der Waals surface area contributed by atoms with Crippen molar-refractivity contribution in [3.8, 4) is 5.75 Å². The molecule has 1 aromatic rings. The molecule has 0 aliphatic carbocycles. The number of nitrogen functional groups attached to an aromatic ring is 1. The summed E-state index contributed by atoms with van der Waals surface area (Å²) in [5, 5.41) is 2.50. The van der Waals surface area contributed by atoms with Gasteiger partial charge in [0.2, 0.25) is 15.9 Å². The van der Waals surface area contributed by atoms with Crippen molar-refractivity contribution in [2.75, 3.05) is 31.2 Å². The molecule has 4 N–H and O–H groups in total. The number of nitrogens with two attached hydrogens (primary N) is 1. The van der Waals surface area contributed by atoms with E-state index in [9.17, 15) is 13.2 Å². The van der Waals surface area contributed by atoms with Gasteiger partial charge in [0, 0.05) is 25.7 Å². The second-order valence-electron chi connectivity index (χ2n) is 4.11. The van der Waals surface area contributed by atoms with Crippen molar-refractivity contribution >= 4 is 21.6 Å². The summed E-state index contributed by atoms with van der Waals surface area (Å²) in [5.74, 6) is 0.209. The number of nitrogens with one attached hydrogen (secondary N) is 2. The van der Waals surface area contributed by atoms with E-state index >= 15 is 0 Å². The fourth-order valence-corrected chi connectivity index (χ4v) is 2.21. The quantitative estimate of drug-likeness (QED) is 0.451. The Labute approximate surface area is 118 Å². The molecule has 0 saturated carbocycles. The minimum absolute atomic E-state index is 0.0411. The number of ether oxygens (including phenoxy) is 1. The first-order valence-electron chi connectivity index (χ1n) is 6.09. The summed E-state index contributed by atoms with van der Waals surface area (Å²) in [7, 11) is -3.41. The average Bonchev–Trinajstić information content (AvgIpc) is 2.37. The van der Waals surface area contributed by atoms with E-state index < -0.39 is 10.0 Å². The fraction of sp³-hybridized carbons (Fsp3) is 0.417. The largest absolute Gasteiger partial charge is 0.492 e. The van der Waals surface area contributed by atoms with Crippen LogP contribution in [0.25, 0.3) is 0 Å². The van der Waals surface area contributed by atoms with Gasteiger partial charge in [-0.15, -0.1) is 0 Å². The second kappa shape index (κ2) is 7.71. The minimum atomic E-state index is -3.41. The smallest absolute Gasteiger partial charge is 0.216 e. The van der Waals surface area contributed by atoms with Gasteiger partial charge in [-0.05, 0) is 24.3 Å². The minimum Gasteiger partial charge on any atom is -0.492 e. The van der Waals surface area contributed by atoms with Crippen LogP contribution in [0.15, 0.2) is 24.3 Å². The van der Waals surface area contributed by atoms with Gasteiger partial charge in [-0.25, -0.2) is 13.1 Å². The van der Waals surface area contributed by atoms with Crippen LogP contribution in [0.5, 0.6) is 5.75 Å². The molecule has 0 spiro atoms. The first kappa shape index (κ1) is 16.3. The van der Waals surface area contributed by atoms with Crippen LogP contribution in [-0.4, -0.2) is 39.8 Å². The Balaban J connectivity index is 2.25. The molecule has 0 saturated heterocycles. The molecule has 0 unspecified atom stereocenters. The van der Waals surface area contributed by atoms with Crippen LogP contribution in [0.2, 0.25) is 0 Å². The number of anilines is 1. The summed E-state index contributed by atoms with van der Waals surface area (Å²) in [6.07, 6.45) is 0. The number of hydrogen-bond donors (Lipinski definition) is 3. The summed E-state index contributed by atoms with van der Waals surface area (Å²) in [5.41, 5.74) is 6.14. The molecule has 0 aliphatic heterocycles. The van der Waals surface area contributed by atoms with Crippen molar-refractivity contribution in [1.82, 2.24) is 10.0 Å². The number of carbonyl (C=O) groups excluding carboxylic acids is 1. The van der Waals surface area contributed by atoms with Crippen LogP contribution in [-0.2, 0) is 14.8 Å². The third-order valence-corrected chi connectivity index (χ3v) is 3.67. The molecule has 0 atom stereocenters. The second-order valence-corrected chi connectivity index (χ2v) is 6.04. The Hall–Kier alpha value is -1.80. The lowest BCUT2D eigenvalue weighted by Gasteiger charge is -2.09. The van der Waals surface area contributed by atoms with Crippen molar-refractivity contribution in [1.29, 1.82) is 0 Å². The van der Waals surface area contributed by atoms with Crippen LogP contribution in [0, 0.1) is 0 Å². The van der Waals surface area contributed by atoms with Gasteiger partial charge in [-0.1, -0.05) is 0 Å². The number of hydrogen-bond acceptors (Lipinski definition) is 5. The summed E-state index contributed by atoms with van der Waals surface area (Å²) >= 11 is 0. The van der Waals surface area contributed by atoms with Crippen molar-refractivity contribution < 1.29 is 17.9 Å². The fourth-order valence-electron chi connectivity index (χ4n) is 1.35. The lowest BCUT2D eigenvalue weighted by Crippen LogP contribution is -2.35. The average molecular weight is 301 g/mol. The van der Waals surface area contributed by atoms with Gasteiger partial charge in [-0.2, -0.15) is 0 Å². The SMILES string of the molecule is CC(=O)NCCNS(=O)(=O)CCOc1ccc(N)cc1. The molecule has 0 aromatic heterocycles. The molecule has 0 radical (unpaired) electrons. The van der Waals surface area contributed by atoms with Crippen LogP contribution in [0.3, 0.4) is 0 Å². The van der Waals surface area contributed by atoms with E-state index in [1.54, 1.807) is 24.3 Å². The van der Waals surface area contributed by atoms with Crippen molar-refractivity contribution in [2.45, 2.75) is 6.92 Å². The predicted molar refractivity (Wildman–Crippen MR) is 76.8 cm³/mol. The molecule has 1 amide bonds. The highest BCUT2D eigenvalue weighted by Crippen LogP contribution is 2.12. The maximum Gasteiger partial charge on any atom is 0.216 e. The van der Waals surface area contributed by atoms with Gasteiger partial charge < -0.3 is 15.8 Å². The molecule has 112 valence electrons. The molecule has 0 heterocycles. The first-order chi connectivity index (χ1) is 9.39. The Kier molecular flexibility index (Phi) is 6.26. The Bertz CT molecular complexity index is 528. The van der Waals surface area contributed by atoms with Crippen LogP contribution in [0.4, 0.5) is 5.69 Å². The standard InChI is InChI=1S/C12H19N3O4S/c1-10(16)14-6-7-15-20(17,18)9-8-19-12-4-2-11(13)3-5-12/h2-5,15H,6-9,13H2,1H3,(H,14,16). The van der Waals surface area contributed by atoms with Gasteiger partial charge in [0.25, 0.3) is 0 Å². The van der Waals surface area contributed by atoms with Gasteiger partial charge >= 0.3 is 0 Å².